The van der Waals surface area contributed by atoms with Crippen molar-refractivity contribution in [3.05, 3.63) is 28.4 Å². The molecule has 0 atom stereocenters. The van der Waals surface area contributed by atoms with Crippen LogP contribution in [-0.2, 0) is 4.79 Å². The van der Waals surface area contributed by atoms with E-state index in [4.69, 9.17) is 0 Å². The topological polar surface area (TPSA) is 96.9 Å². The quantitative estimate of drug-likeness (QED) is 0.447. The number of rotatable bonds is 4. The van der Waals surface area contributed by atoms with E-state index >= 15 is 0 Å². The standard InChI is InChI=1S/C13H16N6O3S.ClH/c1-16-4-6-17(7-5-16)13(20)9-23-11-3-2-10-14-8-12(19(21)22)18(10)15-11;/h2-3,8H,4-7,9H2,1H3;1H. The van der Waals surface area contributed by atoms with Crippen LogP contribution in [0.2, 0.25) is 0 Å². The van der Waals surface area contributed by atoms with Gasteiger partial charge in [0, 0.05) is 32.2 Å². The Bertz CT molecular complexity index is 746. The number of thioether (sulfide) groups is 1. The van der Waals surface area contributed by atoms with E-state index in [1.54, 1.807) is 12.1 Å². The Balaban J connectivity index is 0.00000208. The fraction of sp³-hybridized carbons (Fsp3) is 0.462. The molecule has 0 spiro atoms. The van der Waals surface area contributed by atoms with Crippen LogP contribution in [0.3, 0.4) is 0 Å². The smallest absolute Gasteiger partial charge is 0.358 e. The SMILES string of the molecule is CN1CCN(C(=O)CSc2ccc3ncc([N+](=O)[O-])n3n2)CC1.Cl. The number of amides is 1. The third-order valence-corrected chi connectivity index (χ3v) is 4.61. The monoisotopic (exact) mass is 372 g/mol. The van der Waals surface area contributed by atoms with E-state index in [9.17, 15) is 14.9 Å². The summed E-state index contributed by atoms with van der Waals surface area (Å²) in [7, 11) is 2.04. The summed E-state index contributed by atoms with van der Waals surface area (Å²) in [5.41, 5.74) is 0.409. The number of hydrogen-bond acceptors (Lipinski definition) is 7. The second kappa shape index (κ2) is 7.77. The van der Waals surface area contributed by atoms with Gasteiger partial charge in [0.1, 0.15) is 11.2 Å². The maximum absolute atomic E-state index is 12.2. The first-order valence-electron chi connectivity index (χ1n) is 7.13. The minimum Gasteiger partial charge on any atom is -0.358 e. The molecule has 0 N–H and O–H groups in total. The maximum Gasteiger partial charge on any atom is 0.368 e. The number of carbonyl (C=O) groups is 1. The molecule has 1 aliphatic heterocycles. The zero-order chi connectivity index (χ0) is 16.4. The second-order valence-electron chi connectivity index (χ2n) is 5.29. The Hall–Kier alpha value is -1.91. The highest BCUT2D eigenvalue weighted by Gasteiger charge is 2.20. The largest absolute Gasteiger partial charge is 0.368 e. The molecule has 0 unspecified atom stereocenters. The van der Waals surface area contributed by atoms with Crippen molar-refractivity contribution in [2.75, 3.05) is 39.0 Å². The van der Waals surface area contributed by atoms with Gasteiger partial charge in [-0.2, -0.15) is 0 Å². The van der Waals surface area contributed by atoms with Gasteiger partial charge in [0.15, 0.2) is 0 Å². The summed E-state index contributed by atoms with van der Waals surface area (Å²) >= 11 is 1.27. The van der Waals surface area contributed by atoms with E-state index in [-0.39, 0.29) is 29.9 Å². The number of imidazole rings is 1. The van der Waals surface area contributed by atoms with Crippen molar-refractivity contribution in [3.63, 3.8) is 0 Å². The summed E-state index contributed by atoms with van der Waals surface area (Å²) in [6.45, 7) is 3.22. The fourth-order valence-electron chi connectivity index (χ4n) is 2.33. The molecule has 1 fully saturated rings. The predicted octanol–water partition coefficient (Wildman–Crippen LogP) is 0.925. The lowest BCUT2D eigenvalue weighted by Crippen LogP contribution is -2.47. The Morgan fingerprint density at radius 3 is 2.71 bits per heavy atom. The number of fused-ring (bicyclic) bond motifs is 1. The number of halogens is 1. The van der Waals surface area contributed by atoms with Crippen molar-refractivity contribution in [1.29, 1.82) is 0 Å². The number of carbonyl (C=O) groups excluding carboxylic acids is 1. The van der Waals surface area contributed by atoms with Crippen LogP contribution in [0.5, 0.6) is 0 Å². The highest BCUT2D eigenvalue weighted by Crippen LogP contribution is 2.19. The Morgan fingerprint density at radius 2 is 2.04 bits per heavy atom. The Morgan fingerprint density at radius 1 is 1.33 bits per heavy atom. The molecule has 2 aromatic heterocycles. The molecule has 3 rings (SSSR count). The van der Waals surface area contributed by atoms with E-state index < -0.39 is 4.92 Å². The van der Waals surface area contributed by atoms with Crippen LogP contribution in [0.15, 0.2) is 23.4 Å². The van der Waals surface area contributed by atoms with E-state index in [0.29, 0.717) is 10.7 Å². The molecule has 1 saturated heterocycles. The molecule has 0 saturated carbocycles. The molecule has 1 amide bonds. The van der Waals surface area contributed by atoms with Crippen molar-refractivity contribution in [1.82, 2.24) is 24.4 Å². The summed E-state index contributed by atoms with van der Waals surface area (Å²) in [5.74, 6) is 0.142. The Labute approximate surface area is 148 Å². The maximum atomic E-state index is 12.2. The molecule has 3 heterocycles. The summed E-state index contributed by atoms with van der Waals surface area (Å²) in [4.78, 5) is 30.5. The zero-order valence-electron chi connectivity index (χ0n) is 13.0. The van der Waals surface area contributed by atoms with Crippen LogP contribution in [-0.4, -0.2) is 74.2 Å². The molecule has 2 aromatic rings. The molecular formula is C13H17ClN6O3S. The second-order valence-corrected chi connectivity index (χ2v) is 6.28. The normalized spacial score (nSPS) is 15.3. The molecule has 9 nitrogen and oxygen atoms in total. The molecular weight excluding hydrogens is 356 g/mol. The van der Waals surface area contributed by atoms with Crippen molar-refractivity contribution in [2.24, 2.45) is 0 Å². The molecule has 0 aromatic carbocycles. The van der Waals surface area contributed by atoms with Crippen LogP contribution < -0.4 is 0 Å². The van der Waals surface area contributed by atoms with Crippen LogP contribution in [0.1, 0.15) is 0 Å². The lowest BCUT2D eigenvalue weighted by Gasteiger charge is -2.32. The average molecular weight is 373 g/mol. The molecule has 11 heteroatoms. The number of piperazine rings is 1. The number of nitro groups is 1. The minimum absolute atomic E-state index is 0. The van der Waals surface area contributed by atoms with Gasteiger partial charge in [0.25, 0.3) is 0 Å². The van der Waals surface area contributed by atoms with E-state index in [1.165, 1.54) is 22.5 Å². The van der Waals surface area contributed by atoms with Gasteiger partial charge in [-0.25, -0.2) is 4.98 Å². The lowest BCUT2D eigenvalue weighted by atomic mass is 10.3. The van der Waals surface area contributed by atoms with Crippen LogP contribution in [0.25, 0.3) is 5.65 Å². The van der Waals surface area contributed by atoms with Crippen molar-refractivity contribution in [3.8, 4) is 0 Å². The Kier molecular flexibility index (Phi) is 5.97. The third kappa shape index (κ3) is 3.94. The van der Waals surface area contributed by atoms with Crippen molar-refractivity contribution in [2.45, 2.75) is 5.03 Å². The molecule has 0 bridgehead atoms. The van der Waals surface area contributed by atoms with E-state index in [0.717, 1.165) is 26.2 Å². The van der Waals surface area contributed by atoms with Gasteiger partial charge in [-0.3, -0.25) is 4.79 Å². The summed E-state index contributed by atoms with van der Waals surface area (Å²) in [6, 6.07) is 3.37. The van der Waals surface area contributed by atoms with Gasteiger partial charge in [-0.15, -0.1) is 12.4 Å². The van der Waals surface area contributed by atoms with Gasteiger partial charge in [0.2, 0.25) is 11.6 Å². The van der Waals surface area contributed by atoms with E-state index in [1.807, 2.05) is 11.9 Å². The van der Waals surface area contributed by atoms with Gasteiger partial charge in [0.05, 0.1) is 5.75 Å². The summed E-state index contributed by atoms with van der Waals surface area (Å²) in [6.07, 6.45) is 1.17. The van der Waals surface area contributed by atoms with Crippen molar-refractivity contribution >= 4 is 41.5 Å². The fourth-order valence-corrected chi connectivity index (χ4v) is 3.09. The molecule has 24 heavy (non-hydrogen) atoms. The van der Waals surface area contributed by atoms with Gasteiger partial charge < -0.3 is 19.9 Å². The molecule has 0 aliphatic carbocycles. The number of hydrogen-bond donors (Lipinski definition) is 0. The lowest BCUT2D eigenvalue weighted by molar-refractivity contribution is -0.391. The van der Waals surface area contributed by atoms with Crippen LogP contribution in [0, 0.1) is 10.1 Å². The number of nitrogens with zero attached hydrogens (tertiary/aromatic N) is 6. The summed E-state index contributed by atoms with van der Waals surface area (Å²) < 4.78 is 1.18. The zero-order valence-corrected chi connectivity index (χ0v) is 14.6. The van der Waals surface area contributed by atoms with Crippen LogP contribution >= 0.6 is 24.2 Å². The first kappa shape index (κ1) is 18.4. The third-order valence-electron chi connectivity index (χ3n) is 3.71. The van der Waals surface area contributed by atoms with E-state index in [2.05, 4.69) is 15.0 Å². The number of aromatic nitrogens is 3. The van der Waals surface area contributed by atoms with Gasteiger partial charge in [-0.05, 0) is 18.0 Å². The van der Waals surface area contributed by atoms with Crippen molar-refractivity contribution < 1.29 is 9.72 Å². The average Bonchev–Trinajstić information content (AvgIpc) is 2.96. The van der Waals surface area contributed by atoms with Crippen LogP contribution in [0.4, 0.5) is 5.82 Å². The molecule has 1 aliphatic rings. The molecule has 0 radical (unpaired) electrons. The minimum atomic E-state index is -0.531. The van der Waals surface area contributed by atoms with Gasteiger partial charge in [-0.1, -0.05) is 21.4 Å². The number of likely N-dealkylation sites (N-methyl/N-ethyl adjacent to an activating group) is 1. The predicted molar refractivity (Wildman–Crippen MR) is 91.7 cm³/mol. The highest BCUT2D eigenvalue weighted by atomic mass is 35.5. The summed E-state index contributed by atoms with van der Waals surface area (Å²) in [5, 5.41) is 15.7. The van der Waals surface area contributed by atoms with Gasteiger partial charge >= 0.3 is 5.82 Å². The first-order valence-corrected chi connectivity index (χ1v) is 8.11. The molecule has 130 valence electrons. The highest BCUT2D eigenvalue weighted by molar-refractivity contribution is 7.99. The first-order chi connectivity index (χ1) is 11.0.